The summed E-state index contributed by atoms with van der Waals surface area (Å²) in [4.78, 5) is 15.5. The zero-order valence-electron chi connectivity index (χ0n) is 10.1. The lowest BCUT2D eigenvalue weighted by Crippen LogP contribution is -2.12. The fraction of sp³-hybridized carbons (Fsp3) is 0.429. The fourth-order valence-corrected chi connectivity index (χ4v) is 3.30. The number of rotatable bonds is 2. The molecule has 0 amide bonds. The first-order valence-electron chi connectivity index (χ1n) is 6.42. The van der Waals surface area contributed by atoms with Crippen molar-refractivity contribution in [1.82, 2.24) is 9.55 Å². The van der Waals surface area contributed by atoms with Gasteiger partial charge in [-0.3, -0.25) is 9.78 Å². The van der Waals surface area contributed by atoms with Gasteiger partial charge in [-0.05, 0) is 25.0 Å². The minimum absolute atomic E-state index is 0.409. The van der Waals surface area contributed by atoms with Gasteiger partial charge in [-0.1, -0.05) is 30.9 Å². The lowest BCUT2D eigenvalue weighted by atomic mass is 9.95. The van der Waals surface area contributed by atoms with Crippen LogP contribution in [0.2, 0.25) is 5.15 Å². The van der Waals surface area contributed by atoms with Crippen LogP contribution in [-0.4, -0.2) is 15.8 Å². The normalized spacial score (nSPS) is 17.2. The molecule has 4 heteroatoms. The summed E-state index contributed by atoms with van der Waals surface area (Å²) >= 11 is 6.38. The van der Waals surface area contributed by atoms with Crippen LogP contribution in [0.25, 0.3) is 11.0 Å². The van der Waals surface area contributed by atoms with Crippen LogP contribution in [0.4, 0.5) is 0 Å². The maximum absolute atomic E-state index is 11.2. The molecule has 0 aliphatic heterocycles. The smallest absolute Gasteiger partial charge is 0.155 e. The third kappa shape index (κ3) is 1.74. The van der Waals surface area contributed by atoms with Gasteiger partial charge in [-0.25, -0.2) is 0 Å². The van der Waals surface area contributed by atoms with Crippen molar-refractivity contribution >= 4 is 28.9 Å². The lowest BCUT2D eigenvalue weighted by Gasteiger charge is -2.25. The first-order valence-corrected chi connectivity index (χ1v) is 6.80. The van der Waals surface area contributed by atoms with Gasteiger partial charge >= 0.3 is 0 Å². The molecule has 18 heavy (non-hydrogen) atoms. The Hall–Kier alpha value is -1.35. The second-order valence-corrected chi connectivity index (χ2v) is 5.21. The minimum Gasteiger partial charge on any atom is -0.327 e. The molecule has 1 aliphatic rings. The Morgan fingerprint density at radius 2 is 2.11 bits per heavy atom. The van der Waals surface area contributed by atoms with Crippen molar-refractivity contribution in [1.29, 1.82) is 0 Å². The molecule has 0 unspecified atom stereocenters. The minimum atomic E-state index is 0.409. The molecule has 2 aromatic rings. The van der Waals surface area contributed by atoms with Gasteiger partial charge in [0.2, 0.25) is 0 Å². The van der Waals surface area contributed by atoms with Crippen molar-refractivity contribution in [2.24, 2.45) is 0 Å². The molecule has 94 valence electrons. The monoisotopic (exact) mass is 262 g/mol. The number of aromatic nitrogens is 2. The highest BCUT2D eigenvalue weighted by atomic mass is 35.5. The summed E-state index contributed by atoms with van der Waals surface area (Å²) in [5.41, 5.74) is 2.23. The van der Waals surface area contributed by atoms with Crippen LogP contribution in [0.15, 0.2) is 18.3 Å². The SMILES string of the molecule is O=Cc1c(Cl)n(C2CCCCC2)c2cccnc12. The van der Waals surface area contributed by atoms with Gasteiger partial charge in [0.25, 0.3) is 0 Å². The summed E-state index contributed by atoms with van der Waals surface area (Å²) in [5, 5.41) is 0.547. The number of hydrogen-bond donors (Lipinski definition) is 0. The first-order chi connectivity index (χ1) is 8.83. The Balaban J connectivity index is 2.21. The van der Waals surface area contributed by atoms with E-state index in [2.05, 4.69) is 9.55 Å². The predicted molar refractivity (Wildman–Crippen MR) is 72.3 cm³/mol. The van der Waals surface area contributed by atoms with E-state index in [0.29, 0.717) is 16.8 Å². The zero-order chi connectivity index (χ0) is 12.5. The van der Waals surface area contributed by atoms with Crippen LogP contribution in [0.3, 0.4) is 0 Å². The molecule has 0 N–H and O–H groups in total. The maximum Gasteiger partial charge on any atom is 0.155 e. The third-order valence-corrected chi connectivity index (χ3v) is 4.18. The molecule has 0 radical (unpaired) electrons. The van der Waals surface area contributed by atoms with E-state index in [-0.39, 0.29) is 0 Å². The average molecular weight is 263 g/mol. The van der Waals surface area contributed by atoms with E-state index in [0.717, 1.165) is 30.2 Å². The van der Waals surface area contributed by atoms with Gasteiger partial charge in [0.15, 0.2) is 6.29 Å². The second kappa shape index (κ2) is 4.73. The van der Waals surface area contributed by atoms with Crippen molar-refractivity contribution in [3.8, 4) is 0 Å². The largest absolute Gasteiger partial charge is 0.327 e. The molecular weight excluding hydrogens is 248 g/mol. The number of halogens is 1. The van der Waals surface area contributed by atoms with Gasteiger partial charge in [-0.2, -0.15) is 0 Å². The van der Waals surface area contributed by atoms with E-state index in [1.807, 2.05) is 12.1 Å². The molecule has 3 nitrogen and oxygen atoms in total. The molecule has 2 aromatic heterocycles. The molecular formula is C14H15ClN2O. The van der Waals surface area contributed by atoms with E-state index < -0.39 is 0 Å². The summed E-state index contributed by atoms with van der Waals surface area (Å²) < 4.78 is 2.10. The van der Waals surface area contributed by atoms with Crippen LogP contribution in [0.5, 0.6) is 0 Å². The standard InChI is InChI=1S/C14H15ClN2O/c15-14-11(9-18)13-12(7-4-8-16-13)17(14)10-5-2-1-3-6-10/h4,7-10H,1-3,5-6H2. The van der Waals surface area contributed by atoms with Crippen LogP contribution < -0.4 is 0 Å². The van der Waals surface area contributed by atoms with Gasteiger partial charge in [-0.15, -0.1) is 0 Å². The number of fused-ring (bicyclic) bond motifs is 1. The Kier molecular flexibility index (Phi) is 3.08. The quantitative estimate of drug-likeness (QED) is 0.767. The van der Waals surface area contributed by atoms with E-state index in [1.165, 1.54) is 19.3 Å². The Morgan fingerprint density at radius 1 is 1.33 bits per heavy atom. The molecule has 1 saturated carbocycles. The summed E-state index contributed by atoms with van der Waals surface area (Å²) in [6, 6.07) is 4.30. The molecule has 0 atom stereocenters. The van der Waals surface area contributed by atoms with Gasteiger partial charge in [0.05, 0.1) is 11.1 Å². The molecule has 3 rings (SSSR count). The summed E-state index contributed by atoms with van der Waals surface area (Å²) in [6.45, 7) is 0. The van der Waals surface area contributed by atoms with Crippen molar-refractivity contribution in [2.45, 2.75) is 38.1 Å². The van der Waals surface area contributed by atoms with Crippen LogP contribution in [0, 0.1) is 0 Å². The van der Waals surface area contributed by atoms with E-state index in [4.69, 9.17) is 11.6 Å². The molecule has 0 saturated heterocycles. The fourth-order valence-electron chi connectivity index (χ4n) is 2.93. The summed E-state index contributed by atoms with van der Waals surface area (Å²) in [6.07, 6.45) is 8.56. The number of carbonyl (C=O) groups excluding carboxylic acids is 1. The van der Waals surface area contributed by atoms with Gasteiger partial charge in [0, 0.05) is 12.2 Å². The lowest BCUT2D eigenvalue weighted by molar-refractivity contribution is 0.112. The topological polar surface area (TPSA) is 34.9 Å². The van der Waals surface area contributed by atoms with Crippen LogP contribution >= 0.6 is 11.6 Å². The summed E-state index contributed by atoms with van der Waals surface area (Å²) in [7, 11) is 0. The molecule has 0 aromatic carbocycles. The van der Waals surface area contributed by atoms with Gasteiger partial charge < -0.3 is 4.57 Å². The Bertz CT molecular complexity index is 585. The highest BCUT2D eigenvalue weighted by molar-refractivity contribution is 6.34. The Morgan fingerprint density at radius 3 is 2.83 bits per heavy atom. The van der Waals surface area contributed by atoms with Crippen molar-refractivity contribution in [2.75, 3.05) is 0 Å². The number of aldehydes is 1. The molecule has 1 aliphatic carbocycles. The second-order valence-electron chi connectivity index (χ2n) is 4.86. The van der Waals surface area contributed by atoms with Crippen molar-refractivity contribution in [3.63, 3.8) is 0 Å². The van der Waals surface area contributed by atoms with Crippen molar-refractivity contribution < 1.29 is 4.79 Å². The zero-order valence-corrected chi connectivity index (χ0v) is 10.9. The van der Waals surface area contributed by atoms with Crippen LogP contribution in [-0.2, 0) is 0 Å². The van der Waals surface area contributed by atoms with E-state index in [1.54, 1.807) is 6.20 Å². The molecule has 0 bridgehead atoms. The predicted octanol–water partition coefficient (Wildman–Crippen LogP) is 4.01. The number of hydrogen-bond acceptors (Lipinski definition) is 2. The first kappa shape index (κ1) is 11.7. The van der Waals surface area contributed by atoms with E-state index >= 15 is 0 Å². The molecule has 2 heterocycles. The van der Waals surface area contributed by atoms with E-state index in [9.17, 15) is 4.79 Å². The maximum atomic E-state index is 11.2. The van der Waals surface area contributed by atoms with Crippen molar-refractivity contribution in [3.05, 3.63) is 29.0 Å². The molecule has 0 spiro atoms. The number of pyridine rings is 1. The Labute approximate surface area is 111 Å². The molecule has 1 fully saturated rings. The highest BCUT2D eigenvalue weighted by Crippen LogP contribution is 2.36. The number of nitrogens with zero attached hydrogens (tertiary/aromatic N) is 2. The number of carbonyl (C=O) groups is 1. The summed E-state index contributed by atoms with van der Waals surface area (Å²) in [5.74, 6) is 0. The highest BCUT2D eigenvalue weighted by Gasteiger charge is 2.23. The van der Waals surface area contributed by atoms with Crippen LogP contribution in [0.1, 0.15) is 48.5 Å². The van der Waals surface area contributed by atoms with Gasteiger partial charge in [0.1, 0.15) is 10.7 Å². The third-order valence-electron chi connectivity index (χ3n) is 3.79. The average Bonchev–Trinajstić information content (AvgIpc) is 2.71.